The molecule has 148 valence electrons. The van der Waals surface area contributed by atoms with Crippen LogP contribution in [0.25, 0.3) is 0 Å². The minimum absolute atomic E-state index is 0. The SMILES string of the molecule is C.C.C.CC.CC.CC.CN1CCCCC1.Cn1ccnc1.N. The normalized spacial score (nSPS) is 10.8. The lowest BCUT2D eigenvalue weighted by atomic mass is 10.1. The number of rotatable bonds is 0. The van der Waals surface area contributed by atoms with Crippen molar-refractivity contribution >= 4 is 0 Å². The molecule has 3 N–H and O–H groups in total. The molecule has 1 aliphatic rings. The first-order chi connectivity index (χ1) is 9.29. The van der Waals surface area contributed by atoms with Gasteiger partial charge < -0.3 is 15.6 Å². The summed E-state index contributed by atoms with van der Waals surface area (Å²) in [6, 6.07) is 0. The molecule has 0 radical (unpaired) electrons. The standard InChI is InChI=1S/C6H13N.C4H6N2.3C2H6.3CH4.H3N/c1-7-5-3-2-4-6-7;1-6-3-2-5-4-6;3*1-2;;;;/h2-6H2,1H3;2-4H,1H3;3*1-2H3;3*1H4;1H3. The number of hydrogen-bond acceptors (Lipinski definition) is 3. The molecule has 2 rings (SSSR count). The van der Waals surface area contributed by atoms with Crippen molar-refractivity contribution in [3.8, 4) is 0 Å². The predicted octanol–water partition coefficient (Wildman–Crippen LogP) is 6.67. The third-order valence-electron chi connectivity index (χ3n) is 2.22. The summed E-state index contributed by atoms with van der Waals surface area (Å²) in [6.45, 7) is 14.6. The second-order valence-electron chi connectivity index (χ2n) is 3.59. The predicted molar refractivity (Wildman–Crippen MR) is 114 cm³/mol. The average molecular weight is 337 g/mol. The zero-order valence-electron chi connectivity index (χ0n) is 15.3. The molecule has 1 fully saturated rings. The van der Waals surface area contributed by atoms with E-state index >= 15 is 0 Å². The van der Waals surface area contributed by atoms with Gasteiger partial charge in [0.15, 0.2) is 0 Å². The zero-order chi connectivity index (χ0) is 15.5. The van der Waals surface area contributed by atoms with E-state index in [4.69, 9.17) is 0 Å². The van der Waals surface area contributed by atoms with Crippen molar-refractivity contribution in [3.63, 3.8) is 0 Å². The Morgan fingerprint density at radius 1 is 0.739 bits per heavy atom. The molecular formula is C19H52N4. The van der Waals surface area contributed by atoms with E-state index in [-0.39, 0.29) is 28.4 Å². The third-order valence-corrected chi connectivity index (χ3v) is 2.22. The van der Waals surface area contributed by atoms with Crippen LogP contribution in [-0.2, 0) is 7.05 Å². The Morgan fingerprint density at radius 2 is 1.13 bits per heavy atom. The summed E-state index contributed by atoms with van der Waals surface area (Å²) in [4.78, 5) is 6.18. The topological polar surface area (TPSA) is 56.1 Å². The van der Waals surface area contributed by atoms with Crippen molar-refractivity contribution < 1.29 is 0 Å². The Kier molecular flexibility index (Phi) is 80.5. The molecule has 4 nitrogen and oxygen atoms in total. The summed E-state index contributed by atoms with van der Waals surface area (Å²) in [5.74, 6) is 0. The molecule has 4 heteroatoms. The van der Waals surface area contributed by atoms with Gasteiger partial charge in [0, 0.05) is 19.4 Å². The van der Waals surface area contributed by atoms with Crippen LogP contribution in [0.5, 0.6) is 0 Å². The van der Waals surface area contributed by atoms with Crippen LogP contribution in [0.2, 0.25) is 0 Å². The van der Waals surface area contributed by atoms with Gasteiger partial charge in [-0.25, -0.2) is 4.98 Å². The van der Waals surface area contributed by atoms with Crippen LogP contribution < -0.4 is 6.15 Å². The number of aromatic nitrogens is 2. The van der Waals surface area contributed by atoms with Gasteiger partial charge in [-0.05, 0) is 33.0 Å². The van der Waals surface area contributed by atoms with E-state index < -0.39 is 0 Å². The fourth-order valence-corrected chi connectivity index (χ4v) is 1.38. The average Bonchev–Trinajstić information content (AvgIpc) is 2.98. The molecule has 0 unspecified atom stereocenters. The summed E-state index contributed by atoms with van der Waals surface area (Å²) in [5, 5.41) is 0. The number of hydrogen-bond donors (Lipinski definition) is 1. The summed E-state index contributed by atoms with van der Waals surface area (Å²) in [6.07, 6.45) is 9.66. The molecule has 0 amide bonds. The van der Waals surface area contributed by atoms with Crippen LogP contribution in [0.3, 0.4) is 0 Å². The molecule has 2 heterocycles. The summed E-state index contributed by atoms with van der Waals surface area (Å²) >= 11 is 0. The minimum Gasteiger partial charge on any atom is -0.344 e. The number of imidazole rings is 1. The highest BCUT2D eigenvalue weighted by atomic mass is 15.1. The van der Waals surface area contributed by atoms with Gasteiger partial charge in [-0.2, -0.15) is 0 Å². The lowest BCUT2D eigenvalue weighted by Gasteiger charge is -2.20. The first-order valence-electron chi connectivity index (χ1n) is 7.89. The third kappa shape index (κ3) is 38.7. The number of aryl methyl sites for hydroxylation is 1. The molecule has 1 aromatic heterocycles. The zero-order valence-corrected chi connectivity index (χ0v) is 15.3. The highest BCUT2D eigenvalue weighted by Crippen LogP contribution is 2.04. The summed E-state index contributed by atoms with van der Waals surface area (Å²) < 4.78 is 1.89. The minimum atomic E-state index is 0. The van der Waals surface area contributed by atoms with Gasteiger partial charge in [0.1, 0.15) is 0 Å². The Bertz CT molecular complexity index is 205. The van der Waals surface area contributed by atoms with Crippen molar-refractivity contribution in [3.05, 3.63) is 18.7 Å². The summed E-state index contributed by atoms with van der Waals surface area (Å²) in [5.41, 5.74) is 0. The Hall–Kier alpha value is -0.870. The molecule has 1 aliphatic heterocycles. The van der Waals surface area contributed by atoms with Gasteiger partial charge in [0.25, 0.3) is 0 Å². The second-order valence-corrected chi connectivity index (χ2v) is 3.59. The fraction of sp³-hybridized carbons (Fsp3) is 0.842. The lowest BCUT2D eigenvalue weighted by Crippen LogP contribution is -2.24. The van der Waals surface area contributed by atoms with Crippen molar-refractivity contribution in [1.82, 2.24) is 20.6 Å². The molecule has 0 aromatic carbocycles. The first kappa shape index (κ1) is 43.2. The molecule has 0 spiro atoms. The highest BCUT2D eigenvalue weighted by Gasteiger charge is 2.02. The van der Waals surface area contributed by atoms with Gasteiger partial charge >= 0.3 is 0 Å². The molecule has 23 heavy (non-hydrogen) atoms. The van der Waals surface area contributed by atoms with Gasteiger partial charge in [0.05, 0.1) is 6.33 Å². The maximum Gasteiger partial charge on any atom is 0.0943 e. The van der Waals surface area contributed by atoms with Crippen LogP contribution in [0, 0.1) is 0 Å². The van der Waals surface area contributed by atoms with E-state index in [0.717, 1.165) is 0 Å². The highest BCUT2D eigenvalue weighted by molar-refractivity contribution is 4.70. The van der Waals surface area contributed by atoms with E-state index in [1.165, 1.54) is 32.4 Å². The van der Waals surface area contributed by atoms with Gasteiger partial charge in [-0.15, -0.1) is 0 Å². The molecule has 0 aliphatic carbocycles. The van der Waals surface area contributed by atoms with Crippen molar-refractivity contribution in [1.29, 1.82) is 0 Å². The Morgan fingerprint density at radius 3 is 1.26 bits per heavy atom. The monoisotopic (exact) mass is 336 g/mol. The molecular weight excluding hydrogens is 284 g/mol. The molecule has 1 saturated heterocycles. The second kappa shape index (κ2) is 42.9. The van der Waals surface area contributed by atoms with Gasteiger partial charge in [-0.1, -0.05) is 70.2 Å². The van der Waals surface area contributed by atoms with Crippen LogP contribution >= 0.6 is 0 Å². The smallest absolute Gasteiger partial charge is 0.0943 e. The molecule has 1 aromatic rings. The van der Waals surface area contributed by atoms with E-state index in [1.807, 2.05) is 59.4 Å². The molecule has 0 bridgehead atoms. The molecule has 0 saturated carbocycles. The van der Waals surface area contributed by atoms with Crippen LogP contribution in [0.4, 0.5) is 0 Å². The van der Waals surface area contributed by atoms with E-state index in [0.29, 0.717) is 0 Å². The Labute approximate surface area is 150 Å². The quantitative estimate of drug-likeness (QED) is 0.575. The molecule has 0 atom stereocenters. The fourth-order valence-electron chi connectivity index (χ4n) is 1.38. The van der Waals surface area contributed by atoms with Crippen LogP contribution in [0.1, 0.15) is 83.1 Å². The number of likely N-dealkylation sites (tertiary alicyclic amines) is 1. The van der Waals surface area contributed by atoms with Crippen LogP contribution in [-0.4, -0.2) is 34.6 Å². The first-order valence-corrected chi connectivity index (χ1v) is 7.89. The largest absolute Gasteiger partial charge is 0.344 e. The summed E-state index contributed by atoms with van der Waals surface area (Å²) in [7, 11) is 4.13. The van der Waals surface area contributed by atoms with Crippen molar-refractivity contribution in [2.45, 2.75) is 83.1 Å². The van der Waals surface area contributed by atoms with Gasteiger partial charge in [0.2, 0.25) is 0 Å². The maximum absolute atomic E-state index is 3.78. The lowest BCUT2D eigenvalue weighted by molar-refractivity contribution is 0.277. The van der Waals surface area contributed by atoms with Crippen molar-refractivity contribution in [2.75, 3.05) is 20.1 Å². The van der Waals surface area contributed by atoms with Crippen molar-refractivity contribution in [2.24, 2.45) is 7.05 Å². The van der Waals surface area contributed by atoms with E-state index in [2.05, 4.69) is 16.9 Å². The van der Waals surface area contributed by atoms with Crippen LogP contribution in [0.15, 0.2) is 18.7 Å². The van der Waals surface area contributed by atoms with E-state index in [9.17, 15) is 0 Å². The Balaban J connectivity index is -0.0000000299. The maximum atomic E-state index is 3.78. The van der Waals surface area contributed by atoms with E-state index in [1.54, 1.807) is 12.5 Å². The number of piperidine rings is 1. The number of nitrogens with zero attached hydrogens (tertiary/aromatic N) is 3. The van der Waals surface area contributed by atoms with Gasteiger partial charge in [-0.3, -0.25) is 0 Å².